The average molecular weight is 484 g/mol. The molecule has 1 aromatic heterocycles. The number of imide groups is 1. The SMILES string of the molecule is CC1(c2ccc(F)cc2)NC(=O)N(CC(=O)Nc2cc(-c3ccccc3)nn2-c2ccccc2)C1=O. The third kappa shape index (κ3) is 4.22. The quantitative estimate of drug-likeness (QED) is 0.404. The van der Waals surface area contributed by atoms with E-state index in [4.69, 9.17) is 0 Å². The van der Waals surface area contributed by atoms with E-state index in [2.05, 4.69) is 15.7 Å². The first-order chi connectivity index (χ1) is 17.3. The van der Waals surface area contributed by atoms with E-state index in [0.29, 0.717) is 17.1 Å². The number of nitrogens with one attached hydrogen (secondary N) is 2. The molecule has 3 aromatic carbocycles. The van der Waals surface area contributed by atoms with Crippen molar-refractivity contribution in [1.29, 1.82) is 0 Å². The normalized spacial score (nSPS) is 17.2. The lowest BCUT2D eigenvalue weighted by Crippen LogP contribution is -2.42. The molecule has 0 bridgehead atoms. The molecular weight excluding hydrogens is 461 g/mol. The van der Waals surface area contributed by atoms with Gasteiger partial charge in [-0.2, -0.15) is 5.10 Å². The Morgan fingerprint density at radius 1 is 0.972 bits per heavy atom. The largest absolute Gasteiger partial charge is 0.325 e. The number of carbonyl (C=O) groups excluding carboxylic acids is 3. The van der Waals surface area contributed by atoms with Gasteiger partial charge in [0.25, 0.3) is 5.91 Å². The zero-order valence-electron chi connectivity index (χ0n) is 19.3. The zero-order chi connectivity index (χ0) is 25.3. The lowest BCUT2D eigenvalue weighted by Gasteiger charge is -2.22. The molecule has 180 valence electrons. The van der Waals surface area contributed by atoms with Gasteiger partial charge in [0.2, 0.25) is 5.91 Å². The highest BCUT2D eigenvalue weighted by Gasteiger charge is 2.49. The van der Waals surface area contributed by atoms with Gasteiger partial charge in [0.15, 0.2) is 0 Å². The van der Waals surface area contributed by atoms with E-state index in [0.717, 1.165) is 16.2 Å². The number of nitrogens with zero attached hydrogens (tertiary/aromatic N) is 3. The van der Waals surface area contributed by atoms with Gasteiger partial charge in [0, 0.05) is 11.6 Å². The Balaban J connectivity index is 1.39. The standard InChI is InChI=1S/C27H22FN5O3/c1-27(19-12-14-20(28)15-13-19)25(35)32(26(36)30-27)17-24(34)29-23-16-22(18-8-4-2-5-9-18)31-33(23)21-10-6-3-7-11-21/h2-16H,17H2,1H3,(H,29,34)(H,30,36). The highest BCUT2D eigenvalue weighted by atomic mass is 19.1. The number of rotatable bonds is 6. The lowest BCUT2D eigenvalue weighted by atomic mass is 9.92. The zero-order valence-corrected chi connectivity index (χ0v) is 19.3. The molecule has 4 amide bonds. The summed E-state index contributed by atoms with van der Waals surface area (Å²) in [6.07, 6.45) is 0. The number of aromatic nitrogens is 2. The Morgan fingerprint density at radius 3 is 2.28 bits per heavy atom. The molecule has 2 heterocycles. The highest BCUT2D eigenvalue weighted by Crippen LogP contribution is 2.29. The number of amides is 4. The first-order valence-electron chi connectivity index (χ1n) is 11.3. The van der Waals surface area contributed by atoms with Gasteiger partial charge in [-0.25, -0.2) is 13.9 Å². The summed E-state index contributed by atoms with van der Waals surface area (Å²) in [7, 11) is 0. The first kappa shape index (κ1) is 23.0. The summed E-state index contributed by atoms with van der Waals surface area (Å²) in [4.78, 5) is 39.6. The molecule has 1 atom stereocenters. The van der Waals surface area contributed by atoms with E-state index < -0.39 is 35.7 Å². The fourth-order valence-corrected chi connectivity index (χ4v) is 4.13. The number of halogens is 1. The Hall–Kier alpha value is -4.79. The van der Waals surface area contributed by atoms with Gasteiger partial charge in [-0.15, -0.1) is 0 Å². The molecule has 0 saturated carbocycles. The fourth-order valence-electron chi connectivity index (χ4n) is 4.13. The van der Waals surface area contributed by atoms with E-state index in [1.54, 1.807) is 10.7 Å². The van der Waals surface area contributed by atoms with Crippen LogP contribution in [0.2, 0.25) is 0 Å². The monoisotopic (exact) mass is 483 g/mol. The lowest BCUT2D eigenvalue weighted by molar-refractivity contribution is -0.133. The smallest absolute Gasteiger partial charge is 0.319 e. The summed E-state index contributed by atoms with van der Waals surface area (Å²) < 4.78 is 14.9. The maximum Gasteiger partial charge on any atom is 0.325 e. The molecule has 0 aliphatic carbocycles. The maximum absolute atomic E-state index is 13.4. The van der Waals surface area contributed by atoms with Crippen molar-refractivity contribution in [1.82, 2.24) is 20.0 Å². The number of hydrogen-bond donors (Lipinski definition) is 2. The van der Waals surface area contributed by atoms with Gasteiger partial charge < -0.3 is 10.6 Å². The number of hydrogen-bond acceptors (Lipinski definition) is 4. The Morgan fingerprint density at radius 2 is 1.61 bits per heavy atom. The predicted molar refractivity (Wildman–Crippen MR) is 132 cm³/mol. The van der Waals surface area contributed by atoms with E-state index in [1.165, 1.54) is 31.2 Å². The van der Waals surface area contributed by atoms with Crippen LogP contribution in [0.25, 0.3) is 16.9 Å². The van der Waals surface area contributed by atoms with Crippen molar-refractivity contribution in [2.75, 3.05) is 11.9 Å². The second-order valence-corrected chi connectivity index (χ2v) is 8.53. The Kier molecular flexibility index (Phi) is 5.81. The maximum atomic E-state index is 13.4. The van der Waals surface area contributed by atoms with Crippen molar-refractivity contribution in [2.24, 2.45) is 0 Å². The van der Waals surface area contributed by atoms with Crippen LogP contribution in [0, 0.1) is 5.82 Å². The molecule has 8 nitrogen and oxygen atoms in total. The first-order valence-corrected chi connectivity index (χ1v) is 11.3. The van der Waals surface area contributed by atoms with Gasteiger partial charge in [-0.3, -0.25) is 14.5 Å². The third-order valence-corrected chi connectivity index (χ3v) is 6.05. The van der Waals surface area contributed by atoms with Crippen LogP contribution >= 0.6 is 0 Å². The van der Waals surface area contributed by atoms with Crippen LogP contribution in [0.5, 0.6) is 0 Å². The van der Waals surface area contributed by atoms with Crippen LogP contribution in [0.1, 0.15) is 12.5 Å². The van der Waals surface area contributed by atoms with E-state index in [1.807, 2.05) is 60.7 Å². The molecule has 1 fully saturated rings. The summed E-state index contributed by atoms with van der Waals surface area (Å²) in [5.74, 6) is -1.24. The average Bonchev–Trinajstić information content (AvgIpc) is 3.40. The number of anilines is 1. The molecule has 1 unspecified atom stereocenters. The predicted octanol–water partition coefficient (Wildman–Crippen LogP) is 4.08. The second-order valence-electron chi connectivity index (χ2n) is 8.53. The van der Waals surface area contributed by atoms with Crippen molar-refractivity contribution in [3.8, 4) is 16.9 Å². The molecule has 5 rings (SSSR count). The van der Waals surface area contributed by atoms with Crippen molar-refractivity contribution < 1.29 is 18.8 Å². The van der Waals surface area contributed by atoms with E-state index >= 15 is 0 Å². The number of para-hydroxylation sites is 1. The molecule has 1 aliphatic heterocycles. The minimum atomic E-state index is -1.41. The molecule has 1 saturated heterocycles. The van der Waals surface area contributed by atoms with Crippen LogP contribution in [-0.4, -0.2) is 39.1 Å². The third-order valence-electron chi connectivity index (χ3n) is 6.05. The minimum Gasteiger partial charge on any atom is -0.319 e. The van der Waals surface area contributed by atoms with E-state index in [-0.39, 0.29) is 0 Å². The van der Waals surface area contributed by atoms with Crippen LogP contribution in [0.15, 0.2) is 91.0 Å². The molecule has 0 spiro atoms. The molecule has 9 heteroatoms. The molecule has 36 heavy (non-hydrogen) atoms. The van der Waals surface area contributed by atoms with Gasteiger partial charge in [0.05, 0.1) is 11.4 Å². The number of urea groups is 1. The molecule has 1 aliphatic rings. The van der Waals surface area contributed by atoms with Crippen molar-refractivity contribution in [3.63, 3.8) is 0 Å². The summed E-state index contributed by atoms with van der Waals surface area (Å²) in [6.45, 7) is 1.02. The Labute approximate surface area is 206 Å². The number of carbonyl (C=O) groups is 3. The summed E-state index contributed by atoms with van der Waals surface area (Å²) in [5.41, 5.74) is 1.26. The van der Waals surface area contributed by atoms with Gasteiger partial charge in [-0.1, -0.05) is 60.7 Å². The highest BCUT2D eigenvalue weighted by molar-refractivity contribution is 6.10. The van der Waals surface area contributed by atoms with E-state index in [9.17, 15) is 18.8 Å². The number of benzene rings is 3. The molecule has 4 aromatic rings. The minimum absolute atomic E-state index is 0.387. The summed E-state index contributed by atoms with van der Waals surface area (Å²) >= 11 is 0. The van der Waals surface area contributed by atoms with Crippen molar-refractivity contribution >= 4 is 23.7 Å². The topological polar surface area (TPSA) is 96.3 Å². The van der Waals surface area contributed by atoms with Crippen LogP contribution in [-0.2, 0) is 15.1 Å². The van der Waals surface area contributed by atoms with Crippen molar-refractivity contribution in [3.05, 3.63) is 102 Å². The van der Waals surface area contributed by atoms with Crippen molar-refractivity contribution in [2.45, 2.75) is 12.5 Å². The van der Waals surface area contributed by atoms with Gasteiger partial charge in [-0.05, 0) is 36.8 Å². The fraction of sp³-hybridized carbons (Fsp3) is 0.111. The molecule has 2 N–H and O–H groups in total. The van der Waals surface area contributed by atoms with Crippen LogP contribution in [0.4, 0.5) is 15.0 Å². The molecule has 0 radical (unpaired) electrons. The van der Waals surface area contributed by atoms with Gasteiger partial charge >= 0.3 is 6.03 Å². The summed E-state index contributed by atoms with van der Waals surface area (Å²) in [5, 5.41) is 10.0. The van der Waals surface area contributed by atoms with Crippen LogP contribution < -0.4 is 10.6 Å². The summed E-state index contributed by atoms with van der Waals surface area (Å²) in [6, 6.07) is 25.1. The molecular formula is C27H22FN5O3. The van der Waals surface area contributed by atoms with Gasteiger partial charge in [0.1, 0.15) is 23.7 Å². The second kappa shape index (κ2) is 9.10. The van der Waals surface area contributed by atoms with Crippen LogP contribution in [0.3, 0.4) is 0 Å². The Bertz CT molecular complexity index is 1440.